The summed E-state index contributed by atoms with van der Waals surface area (Å²) in [6, 6.07) is 0. The largest absolute Gasteiger partial charge is 0.392 e. The molecule has 0 aliphatic carbocycles. The predicted octanol–water partition coefficient (Wildman–Crippen LogP) is 0.0185. The second-order valence-electron chi connectivity index (χ2n) is 4.93. The smallest absolute Gasteiger partial charge is 0.213 e. The van der Waals surface area contributed by atoms with E-state index in [4.69, 9.17) is 0 Å². The van der Waals surface area contributed by atoms with Gasteiger partial charge in [0.2, 0.25) is 10.0 Å². The fourth-order valence-corrected chi connectivity index (χ4v) is 3.51. The first-order valence-electron chi connectivity index (χ1n) is 6.24. The van der Waals surface area contributed by atoms with E-state index in [0.717, 1.165) is 32.4 Å². The van der Waals surface area contributed by atoms with Gasteiger partial charge in [-0.05, 0) is 45.2 Å². The molecule has 0 aromatic carbocycles. The van der Waals surface area contributed by atoms with Gasteiger partial charge in [0, 0.05) is 13.6 Å². The SMILES string of the molecule is CC(O)CN(C)S(=O)(=O)CCC1CCNCC1. The summed E-state index contributed by atoms with van der Waals surface area (Å²) in [5, 5.41) is 12.5. The van der Waals surface area contributed by atoms with Crippen molar-refractivity contribution in [1.82, 2.24) is 9.62 Å². The molecule has 0 saturated carbocycles. The van der Waals surface area contributed by atoms with E-state index in [1.54, 1.807) is 6.92 Å². The zero-order valence-corrected chi connectivity index (χ0v) is 11.5. The molecule has 6 heteroatoms. The van der Waals surface area contributed by atoms with Crippen LogP contribution in [-0.2, 0) is 10.0 Å². The van der Waals surface area contributed by atoms with Crippen molar-refractivity contribution in [3.63, 3.8) is 0 Å². The van der Waals surface area contributed by atoms with E-state index in [0.29, 0.717) is 5.92 Å². The molecular formula is C11H24N2O3S. The lowest BCUT2D eigenvalue weighted by Crippen LogP contribution is -2.36. The van der Waals surface area contributed by atoms with Gasteiger partial charge in [-0.25, -0.2) is 12.7 Å². The maximum Gasteiger partial charge on any atom is 0.213 e. The quantitative estimate of drug-likeness (QED) is 0.709. The van der Waals surface area contributed by atoms with Crippen molar-refractivity contribution in [2.45, 2.75) is 32.3 Å². The number of rotatable bonds is 6. The summed E-state index contributed by atoms with van der Waals surface area (Å²) < 4.78 is 25.1. The molecule has 1 atom stereocenters. The summed E-state index contributed by atoms with van der Waals surface area (Å²) in [6.07, 6.45) is 2.24. The standard InChI is InChI=1S/C11H24N2O3S/c1-10(14)9-13(2)17(15,16)8-5-11-3-6-12-7-4-11/h10-12,14H,3-9H2,1-2H3. The highest BCUT2D eigenvalue weighted by Crippen LogP contribution is 2.17. The minimum Gasteiger partial charge on any atom is -0.392 e. The Morgan fingerprint density at radius 1 is 1.41 bits per heavy atom. The second-order valence-corrected chi connectivity index (χ2v) is 7.12. The average molecular weight is 264 g/mol. The monoisotopic (exact) mass is 264 g/mol. The molecule has 1 unspecified atom stereocenters. The summed E-state index contributed by atoms with van der Waals surface area (Å²) in [4.78, 5) is 0. The number of hydrogen-bond donors (Lipinski definition) is 2. The van der Waals surface area contributed by atoms with Crippen LogP contribution in [-0.4, -0.2) is 56.4 Å². The molecule has 5 nitrogen and oxygen atoms in total. The lowest BCUT2D eigenvalue weighted by atomic mass is 9.96. The highest BCUT2D eigenvalue weighted by Gasteiger charge is 2.22. The molecule has 1 fully saturated rings. The van der Waals surface area contributed by atoms with Crippen LogP contribution < -0.4 is 5.32 Å². The van der Waals surface area contributed by atoms with E-state index < -0.39 is 16.1 Å². The maximum atomic E-state index is 11.9. The average Bonchev–Trinajstić information content (AvgIpc) is 2.27. The fourth-order valence-electron chi connectivity index (χ4n) is 2.13. The lowest BCUT2D eigenvalue weighted by Gasteiger charge is -2.24. The molecule has 1 saturated heterocycles. The van der Waals surface area contributed by atoms with Crippen LogP contribution in [0.5, 0.6) is 0 Å². The van der Waals surface area contributed by atoms with Gasteiger partial charge in [-0.3, -0.25) is 0 Å². The van der Waals surface area contributed by atoms with E-state index in [-0.39, 0.29) is 12.3 Å². The van der Waals surface area contributed by atoms with Crippen LogP contribution in [0, 0.1) is 5.92 Å². The van der Waals surface area contributed by atoms with Crippen LogP contribution in [0.1, 0.15) is 26.2 Å². The lowest BCUT2D eigenvalue weighted by molar-refractivity contribution is 0.171. The Bertz CT molecular complexity index is 311. The van der Waals surface area contributed by atoms with E-state index >= 15 is 0 Å². The van der Waals surface area contributed by atoms with Crippen LogP contribution in [0.15, 0.2) is 0 Å². The zero-order chi connectivity index (χ0) is 12.9. The van der Waals surface area contributed by atoms with Crippen molar-refractivity contribution in [2.75, 3.05) is 32.4 Å². The molecule has 1 aliphatic heterocycles. The van der Waals surface area contributed by atoms with Gasteiger partial charge in [0.15, 0.2) is 0 Å². The summed E-state index contributed by atoms with van der Waals surface area (Å²) >= 11 is 0. The van der Waals surface area contributed by atoms with E-state index in [2.05, 4.69) is 5.32 Å². The Hall–Kier alpha value is -0.170. The van der Waals surface area contributed by atoms with Crippen LogP contribution in [0.4, 0.5) is 0 Å². The van der Waals surface area contributed by atoms with Gasteiger partial charge in [0.1, 0.15) is 0 Å². The number of hydrogen-bond acceptors (Lipinski definition) is 4. The zero-order valence-electron chi connectivity index (χ0n) is 10.7. The molecule has 0 aromatic heterocycles. The molecule has 0 spiro atoms. The summed E-state index contributed by atoms with van der Waals surface area (Å²) in [7, 11) is -1.67. The van der Waals surface area contributed by atoms with Crippen molar-refractivity contribution in [2.24, 2.45) is 5.92 Å². The van der Waals surface area contributed by atoms with Crippen molar-refractivity contribution >= 4 is 10.0 Å². The maximum absolute atomic E-state index is 11.9. The van der Waals surface area contributed by atoms with Crippen molar-refractivity contribution in [1.29, 1.82) is 0 Å². The second kappa shape index (κ2) is 6.68. The molecule has 1 heterocycles. The van der Waals surface area contributed by atoms with Gasteiger partial charge in [-0.1, -0.05) is 0 Å². The first-order chi connectivity index (χ1) is 7.92. The first kappa shape index (κ1) is 14.9. The number of aliphatic hydroxyl groups excluding tert-OH is 1. The summed E-state index contributed by atoms with van der Waals surface area (Å²) in [5.41, 5.74) is 0. The Morgan fingerprint density at radius 3 is 2.53 bits per heavy atom. The summed E-state index contributed by atoms with van der Waals surface area (Å²) in [6.45, 7) is 3.76. The molecule has 0 bridgehead atoms. The Kier molecular flexibility index (Phi) is 5.85. The highest BCUT2D eigenvalue weighted by molar-refractivity contribution is 7.89. The number of likely N-dealkylation sites (N-methyl/N-ethyl adjacent to an activating group) is 1. The topological polar surface area (TPSA) is 69.6 Å². The van der Waals surface area contributed by atoms with Crippen LogP contribution >= 0.6 is 0 Å². The molecule has 102 valence electrons. The Morgan fingerprint density at radius 2 is 2.00 bits per heavy atom. The van der Waals surface area contributed by atoms with Gasteiger partial charge in [0.25, 0.3) is 0 Å². The number of nitrogens with zero attached hydrogens (tertiary/aromatic N) is 1. The highest BCUT2D eigenvalue weighted by atomic mass is 32.2. The van der Waals surface area contributed by atoms with E-state index in [1.165, 1.54) is 11.4 Å². The number of sulfonamides is 1. The fraction of sp³-hybridized carbons (Fsp3) is 1.00. The molecular weight excluding hydrogens is 240 g/mol. The minimum atomic E-state index is -3.20. The molecule has 2 N–H and O–H groups in total. The molecule has 0 amide bonds. The van der Waals surface area contributed by atoms with Gasteiger partial charge in [0.05, 0.1) is 11.9 Å². The van der Waals surface area contributed by atoms with Gasteiger partial charge >= 0.3 is 0 Å². The van der Waals surface area contributed by atoms with Crippen LogP contribution in [0.25, 0.3) is 0 Å². The molecule has 1 aliphatic rings. The third-order valence-electron chi connectivity index (χ3n) is 3.24. The third-order valence-corrected chi connectivity index (χ3v) is 5.09. The normalized spacial score (nSPS) is 20.7. The molecule has 1 rings (SSSR count). The van der Waals surface area contributed by atoms with E-state index in [9.17, 15) is 13.5 Å². The van der Waals surface area contributed by atoms with Crippen LogP contribution in [0.2, 0.25) is 0 Å². The molecule has 0 radical (unpaired) electrons. The van der Waals surface area contributed by atoms with Gasteiger partial charge in [-0.15, -0.1) is 0 Å². The Balaban J connectivity index is 2.37. The predicted molar refractivity (Wildman–Crippen MR) is 68.3 cm³/mol. The molecule has 0 aromatic rings. The first-order valence-corrected chi connectivity index (χ1v) is 7.85. The van der Waals surface area contributed by atoms with E-state index in [1.807, 2.05) is 0 Å². The summed E-state index contributed by atoms with van der Waals surface area (Å²) in [5.74, 6) is 0.715. The molecule has 17 heavy (non-hydrogen) atoms. The van der Waals surface area contributed by atoms with Gasteiger partial charge < -0.3 is 10.4 Å². The number of piperidine rings is 1. The third kappa shape index (κ3) is 5.33. The Labute approximate surface area is 104 Å². The van der Waals surface area contributed by atoms with Crippen molar-refractivity contribution in [3.8, 4) is 0 Å². The number of nitrogens with one attached hydrogen (secondary N) is 1. The van der Waals surface area contributed by atoms with Crippen molar-refractivity contribution in [3.05, 3.63) is 0 Å². The number of aliphatic hydroxyl groups is 1. The minimum absolute atomic E-state index is 0.175. The van der Waals surface area contributed by atoms with Gasteiger partial charge in [-0.2, -0.15) is 0 Å². The van der Waals surface area contributed by atoms with Crippen molar-refractivity contribution < 1.29 is 13.5 Å². The van der Waals surface area contributed by atoms with Crippen LogP contribution in [0.3, 0.4) is 0 Å².